The Bertz CT molecular complexity index is 504. The van der Waals surface area contributed by atoms with Gasteiger partial charge in [-0.2, -0.15) is 0 Å². The van der Waals surface area contributed by atoms with Crippen molar-refractivity contribution in [3.8, 4) is 0 Å². The minimum Gasteiger partial charge on any atom is -0.344 e. The number of hydrogen-bond acceptors (Lipinski definition) is 4. The Morgan fingerprint density at radius 2 is 2.11 bits per heavy atom. The van der Waals surface area contributed by atoms with E-state index < -0.39 is 9.84 Å². The molecule has 1 aliphatic rings. The molecule has 6 heteroatoms. The second-order valence-electron chi connectivity index (χ2n) is 5.58. The fourth-order valence-corrected chi connectivity index (χ4v) is 3.32. The molecule has 0 spiro atoms. The monoisotopic (exact) mass is 285 g/mol. The fraction of sp³-hybridized carbons (Fsp3) is 0.769. The number of hydrogen-bond donors (Lipinski definition) is 2. The van der Waals surface area contributed by atoms with Crippen LogP contribution in [0.15, 0.2) is 6.20 Å². The molecule has 0 radical (unpaired) electrons. The van der Waals surface area contributed by atoms with E-state index in [1.807, 2.05) is 6.20 Å². The Morgan fingerprint density at radius 1 is 1.42 bits per heavy atom. The van der Waals surface area contributed by atoms with E-state index in [1.54, 1.807) is 0 Å². The first-order valence-electron chi connectivity index (χ1n) is 6.94. The summed E-state index contributed by atoms with van der Waals surface area (Å²) in [5.41, 5.74) is 7.14. The number of rotatable bonds is 5. The van der Waals surface area contributed by atoms with Crippen LogP contribution < -0.4 is 5.73 Å². The van der Waals surface area contributed by atoms with Crippen molar-refractivity contribution < 1.29 is 8.42 Å². The van der Waals surface area contributed by atoms with Gasteiger partial charge in [-0.15, -0.1) is 0 Å². The molecule has 1 aromatic heterocycles. The van der Waals surface area contributed by atoms with Crippen LogP contribution in [-0.4, -0.2) is 30.4 Å². The summed E-state index contributed by atoms with van der Waals surface area (Å²) < 4.78 is 22.3. The lowest BCUT2D eigenvalue weighted by atomic mass is 9.87. The third kappa shape index (κ3) is 4.31. The molecule has 3 N–H and O–H groups in total. The van der Waals surface area contributed by atoms with Crippen LogP contribution in [-0.2, 0) is 9.84 Å². The van der Waals surface area contributed by atoms with Crippen molar-refractivity contribution in [1.29, 1.82) is 0 Å². The molecule has 1 heterocycles. The molecule has 0 amide bonds. The molecular weight excluding hydrogens is 262 g/mol. The summed E-state index contributed by atoms with van der Waals surface area (Å²) >= 11 is 0. The van der Waals surface area contributed by atoms with Gasteiger partial charge in [-0.25, -0.2) is 13.4 Å². The second-order valence-corrected chi connectivity index (χ2v) is 7.84. The van der Waals surface area contributed by atoms with E-state index in [9.17, 15) is 8.42 Å². The lowest BCUT2D eigenvalue weighted by molar-refractivity contribution is 0.437. The van der Waals surface area contributed by atoms with Crippen molar-refractivity contribution in [3.05, 3.63) is 17.7 Å². The average molecular weight is 285 g/mol. The topological polar surface area (TPSA) is 88.8 Å². The summed E-state index contributed by atoms with van der Waals surface area (Å²) in [7, 11) is -2.96. The predicted octanol–water partition coefficient (Wildman–Crippen LogP) is 1.89. The summed E-state index contributed by atoms with van der Waals surface area (Å²) in [4.78, 5) is 7.60. The highest BCUT2D eigenvalue weighted by molar-refractivity contribution is 7.90. The predicted molar refractivity (Wildman–Crippen MR) is 75.7 cm³/mol. The molecule has 1 aromatic rings. The van der Waals surface area contributed by atoms with Crippen LogP contribution in [0.5, 0.6) is 0 Å². The van der Waals surface area contributed by atoms with Gasteiger partial charge in [0, 0.05) is 24.1 Å². The standard InChI is InChI=1S/C13H23N3O2S/c1-19(17,18)8-7-11(14)13-15-9-12(16-13)10-5-3-2-4-6-10/h9-11H,2-8,14H2,1H3,(H,15,16). The summed E-state index contributed by atoms with van der Waals surface area (Å²) in [5.74, 6) is 1.38. The maximum absolute atomic E-state index is 11.1. The van der Waals surface area contributed by atoms with Gasteiger partial charge in [0.1, 0.15) is 15.7 Å². The molecule has 108 valence electrons. The summed E-state index contributed by atoms with van der Waals surface area (Å²) in [6.45, 7) is 0. The molecule has 19 heavy (non-hydrogen) atoms. The van der Waals surface area contributed by atoms with Crippen molar-refractivity contribution in [2.24, 2.45) is 5.73 Å². The van der Waals surface area contributed by atoms with Crippen molar-refractivity contribution in [1.82, 2.24) is 9.97 Å². The highest BCUT2D eigenvalue weighted by atomic mass is 32.2. The lowest BCUT2D eigenvalue weighted by Crippen LogP contribution is -2.17. The van der Waals surface area contributed by atoms with Crippen molar-refractivity contribution in [2.45, 2.75) is 50.5 Å². The van der Waals surface area contributed by atoms with Gasteiger partial charge in [-0.1, -0.05) is 19.3 Å². The maximum Gasteiger partial charge on any atom is 0.147 e. The summed E-state index contributed by atoms with van der Waals surface area (Å²) in [6.07, 6.45) is 9.81. The first-order valence-corrected chi connectivity index (χ1v) is 9.00. The van der Waals surface area contributed by atoms with E-state index >= 15 is 0 Å². The van der Waals surface area contributed by atoms with Gasteiger partial charge in [0.25, 0.3) is 0 Å². The second kappa shape index (κ2) is 6.05. The van der Waals surface area contributed by atoms with Gasteiger partial charge in [-0.05, 0) is 19.3 Å². The Labute approximate surface area is 114 Å². The number of nitrogens with one attached hydrogen (secondary N) is 1. The quantitative estimate of drug-likeness (QED) is 0.864. The Hall–Kier alpha value is -0.880. The van der Waals surface area contributed by atoms with Crippen LogP contribution in [0.2, 0.25) is 0 Å². The molecule has 1 fully saturated rings. The average Bonchev–Trinajstić information content (AvgIpc) is 2.86. The molecule has 1 aliphatic carbocycles. The normalized spacial score (nSPS) is 19.5. The minimum absolute atomic E-state index is 0.105. The number of aromatic nitrogens is 2. The fourth-order valence-electron chi connectivity index (χ4n) is 2.64. The highest BCUT2D eigenvalue weighted by Gasteiger charge is 2.19. The van der Waals surface area contributed by atoms with Gasteiger partial charge >= 0.3 is 0 Å². The van der Waals surface area contributed by atoms with E-state index in [4.69, 9.17) is 5.73 Å². The Balaban J connectivity index is 1.95. The van der Waals surface area contributed by atoms with Crippen LogP contribution in [0.4, 0.5) is 0 Å². The number of aromatic amines is 1. The molecule has 0 bridgehead atoms. The van der Waals surface area contributed by atoms with Crippen LogP contribution >= 0.6 is 0 Å². The van der Waals surface area contributed by atoms with Gasteiger partial charge in [-0.3, -0.25) is 0 Å². The molecule has 0 aromatic carbocycles. The third-order valence-electron chi connectivity index (χ3n) is 3.81. The van der Waals surface area contributed by atoms with E-state index in [0.717, 1.165) is 5.69 Å². The van der Waals surface area contributed by atoms with Gasteiger partial charge < -0.3 is 10.7 Å². The zero-order valence-corrected chi connectivity index (χ0v) is 12.2. The number of nitrogens with zero attached hydrogens (tertiary/aromatic N) is 1. The van der Waals surface area contributed by atoms with Crippen LogP contribution in [0, 0.1) is 0 Å². The SMILES string of the molecule is CS(=O)(=O)CCC(N)c1ncc(C2CCCCC2)[nH]1. The summed E-state index contributed by atoms with van der Waals surface area (Å²) in [5, 5.41) is 0. The molecule has 0 aliphatic heterocycles. The van der Waals surface area contributed by atoms with E-state index in [0.29, 0.717) is 18.2 Å². The van der Waals surface area contributed by atoms with Gasteiger partial charge in [0.2, 0.25) is 0 Å². The Kier molecular flexibility index (Phi) is 4.62. The number of H-pyrrole nitrogens is 1. The Morgan fingerprint density at radius 3 is 2.74 bits per heavy atom. The molecule has 5 nitrogen and oxygen atoms in total. The zero-order valence-electron chi connectivity index (χ0n) is 11.4. The smallest absolute Gasteiger partial charge is 0.147 e. The van der Waals surface area contributed by atoms with E-state index in [-0.39, 0.29) is 11.8 Å². The van der Waals surface area contributed by atoms with Crippen LogP contribution in [0.1, 0.15) is 62.0 Å². The van der Waals surface area contributed by atoms with E-state index in [2.05, 4.69) is 9.97 Å². The molecule has 2 rings (SSSR count). The van der Waals surface area contributed by atoms with Gasteiger partial charge in [0.15, 0.2) is 0 Å². The summed E-state index contributed by atoms with van der Waals surface area (Å²) in [6, 6.07) is -0.327. The minimum atomic E-state index is -2.96. The molecule has 1 unspecified atom stereocenters. The zero-order chi connectivity index (χ0) is 13.9. The first-order chi connectivity index (χ1) is 8.96. The van der Waals surface area contributed by atoms with Crippen molar-refractivity contribution in [3.63, 3.8) is 0 Å². The van der Waals surface area contributed by atoms with Gasteiger partial charge in [0.05, 0.1) is 11.8 Å². The maximum atomic E-state index is 11.1. The molecule has 1 saturated carbocycles. The van der Waals surface area contributed by atoms with Crippen LogP contribution in [0.25, 0.3) is 0 Å². The van der Waals surface area contributed by atoms with E-state index in [1.165, 1.54) is 38.4 Å². The first kappa shape index (κ1) is 14.5. The molecule has 1 atom stereocenters. The van der Waals surface area contributed by atoms with Crippen molar-refractivity contribution >= 4 is 9.84 Å². The number of imidazole rings is 1. The molecular formula is C13H23N3O2S. The largest absolute Gasteiger partial charge is 0.344 e. The van der Waals surface area contributed by atoms with Crippen molar-refractivity contribution in [2.75, 3.05) is 12.0 Å². The van der Waals surface area contributed by atoms with Crippen LogP contribution in [0.3, 0.4) is 0 Å². The third-order valence-corrected chi connectivity index (χ3v) is 4.79. The lowest BCUT2D eigenvalue weighted by Gasteiger charge is -2.20. The molecule has 0 saturated heterocycles. The number of nitrogens with two attached hydrogens (primary N) is 1. The number of sulfone groups is 1. The highest BCUT2D eigenvalue weighted by Crippen LogP contribution is 2.31.